The molecule has 0 spiro atoms. The summed E-state index contributed by atoms with van der Waals surface area (Å²) in [5.74, 6) is -1.26. The van der Waals surface area contributed by atoms with Crippen LogP contribution in [0.4, 0.5) is 0 Å². The van der Waals surface area contributed by atoms with E-state index in [0.717, 1.165) is 0 Å². The molecule has 2 N–H and O–H groups in total. The fourth-order valence-electron chi connectivity index (χ4n) is 0.976. The summed E-state index contributed by atoms with van der Waals surface area (Å²) < 4.78 is 1.43. The van der Waals surface area contributed by atoms with Crippen molar-refractivity contribution in [1.82, 2.24) is 14.9 Å². The number of carbonyl (C=O) groups is 2. The normalized spacial score (nSPS) is 9.79. The van der Waals surface area contributed by atoms with Gasteiger partial charge in [0.1, 0.15) is 6.54 Å². The minimum absolute atomic E-state index is 0.0608. The molecule has 0 fully saturated rings. The number of hydrogen-bond acceptors (Lipinski definition) is 3. The van der Waals surface area contributed by atoms with Crippen molar-refractivity contribution in [3.8, 4) is 0 Å². The number of aromatic carboxylic acids is 1. The minimum Gasteiger partial charge on any atom is -0.476 e. The Labute approximate surface area is 80.6 Å². The van der Waals surface area contributed by atoms with Crippen molar-refractivity contribution in [2.75, 3.05) is 6.54 Å². The van der Waals surface area contributed by atoms with Crippen molar-refractivity contribution in [2.45, 2.75) is 13.5 Å². The highest BCUT2D eigenvalue weighted by Crippen LogP contribution is 1.95. The third-order valence-corrected chi connectivity index (χ3v) is 1.55. The molecule has 76 valence electrons. The van der Waals surface area contributed by atoms with Crippen molar-refractivity contribution in [1.29, 1.82) is 0 Å². The van der Waals surface area contributed by atoms with E-state index >= 15 is 0 Å². The molecule has 6 nitrogen and oxygen atoms in total. The molecule has 1 heterocycles. The fraction of sp³-hybridized carbons (Fsp3) is 0.375. The summed E-state index contributed by atoms with van der Waals surface area (Å²) in [5.41, 5.74) is -0.0608. The van der Waals surface area contributed by atoms with Gasteiger partial charge in [0.05, 0.1) is 6.33 Å². The van der Waals surface area contributed by atoms with Gasteiger partial charge in [-0.25, -0.2) is 9.78 Å². The summed E-state index contributed by atoms with van der Waals surface area (Å²) in [6, 6.07) is 0. The average molecular weight is 197 g/mol. The van der Waals surface area contributed by atoms with Crippen LogP contribution in [0.25, 0.3) is 0 Å². The summed E-state index contributed by atoms with van der Waals surface area (Å²) in [4.78, 5) is 25.1. The number of rotatable bonds is 4. The van der Waals surface area contributed by atoms with Crippen LogP contribution in [0.5, 0.6) is 0 Å². The first-order chi connectivity index (χ1) is 6.63. The molecule has 0 aliphatic heterocycles. The van der Waals surface area contributed by atoms with Crippen LogP contribution in [-0.2, 0) is 11.3 Å². The maximum atomic E-state index is 11.1. The minimum atomic E-state index is -1.10. The number of imidazole rings is 1. The van der Waals surface area contributed by atoms with Gasteiger partial charge in [0.2, 0.25) is 5.91 Å². The number of aromatic nitrogens is 2. The largest absolute Gasteiger partial charge is 0.476 e. The smallest absolute Gasteiger partial charge is 0.356 e. The number of nitrogens with one attached hydrogen (secondary N) is 1. The zero-order valence-electron chi connectivity index (χ0n) is 7.73. The van der Waals surface area contributed by atoms with Crippen LogP contribution in [0.15, 0.2) is 12.5 Å². The Kier molecular flexibility index (Phi) is 3.22. The molecule has 0 saturated heterocycles. The fourth-order valence-corrected chi connectivity index (χ4v) is 0.976. The molecule has 1 aromatic heterocycles. The number of carboxylic acid groups (broad SMARTS) is 1. The van der Waals surface area contributed by atoms with Gasteiger partial charge in [-0.15, -0.1) is 0 Å². The van der Waals surface area contributed by atoms with Crippen LogP contribution >= 0.6 is 0 Å². The zero-order valence-corrected chi connectivity index (χ0v) is 7.73. The third kappa shape index (κ3) is 2.58. The van der Waals surface area contributed by atoms with Gasteiger partial charge in [0, 0.05) is 12.7 Å². The topological polar surface area (TPSA) is 84.2 Å². The number of likely N-dealkylation sites (N-methyl/N-ethyl adjacent to an activating group) is 1. The molecule has 0 aliphatic carbocycles. The van der Waals surface area contributed by atoms with Crippen molar-refractivity contribution < 1.29 is 14.7 Å². The zero-order chi connectivity index (χ0) is 10.6. The van der Waals surface area contributed by atoms with Crippen LogP contribution in [0.2, 0.25) is 0 Å². The van der Waals surface area contributed by atoms with Gasteiger partial charge in [-0.05, 0) is 6.92 Å². The molecule has 0 aliphatic rings. The van der Waals surface area contributed by atoms with Crippen molar-refractivity contribution in [3.63, 3.8) is 0 Å². The first-order valence-corrected chi connectivity index (χ1v) is 4.15. The molecular weight excluding hydrogens is 186 g/mol. The van der Waals surface area contributed by atoms with E-state index in [2.05, 4.69) is 10.3 Å². The average Bonchev–Trinajstić information content (AvgIpc) is 2.53. The molecule has 14 heavy (non-hydrogen) atoms. The van der Waals surface area contributed by atoms with Gasteiger partial charge in [0.15, 0.2) is 5.69 Å². The van der Waals surface area contributed by atoms with E-state index in [1.807, 2.05) is 6.92 Å². The lowest BCUT2D eigenvalue weighted by Gasteiger charge is -2.01. The van der Waals surface area contributed by atoms with Gasteiger partial charge < -0.3 is 15.0 Å². The quantitative estimate of drug-likeness (QED) is 0.695. The molecule has 0 aromatic carbocycles. The molecular formula is C8H11N3O3. The molecule has 1 amide bonds. The Balaban J connectivity index is 2.59. The lowest BCUT2D eigenvalue weighted by Crippen LogP contribution is -2.26. The second-order valence-corrected chi connectivity index (χ2v) is 2.69. The SMILES string of the molecule is CCNC(=O)Cn1cnc(C(=O)O)c1. The Hall–Kier alpha value is -1.85. The highest BCUT2D eigenvalue weighted by Gasteiger charge is 2.07. The van der Waals surface area contributed by atoms with Gasteiger partial charge in [-0.2, -0.15) is 0 Å². The highest BCUT2D eigenvalue weighted by atomic mass is 16.4. The van der Waals surface area contributed by atoms with E-state index < -0.39 is 5.97 Å². The molecule has 0 atom stereocenters. The van der Waals surface area contributed by atoms with Crippen molar-refractivity contribution >= 4 is 11.9 Å². The van der Waals surface area contributed by atoms with E-state index in [4.69, 9.17) is 5.11 Å². The van der Waals surface area contributed by atoms with E-state index in [0.29, 0.717) is 6.54 Å². The summed E-state index contributed by atoms with van der Waals surface area (Å²) in [7, 11) is 0. The lowest BCUT2D eigenvalue weighted by atomic mass is 10.5. The summed E-state index contributed by atoms with van der Waals surface area (Å²) in [5, 5.41) is 11.2. The van der Waals surface area contributed by atoms with E-state index in [1.54, 1.807) is 0 Å². The third-order valence-electron chi connectivity index (χ3n) is 1.55. The van der Waals surface area contributed by atoms with Gasteiger partial charge in [0.25, 0.3) is 0 Å². The summed E-state index contributed by atoms with van der Waals surface area (Å²) in [6.07, 6.45) is 2.64. The Morgan fingerprint density at radius 3 is 2.86 bits per heavy atom. The predicted molar refractivity (Wildman–Crippen MR) is 47.9 cm³/mol. The lowest BCUT2D eigenvalue weighted by molar-refractivity contribution is -0.121. The molecule has 0 saturated carbocycles. The second-order valence-electron chi connectivity index (χ2n) is 2.69. The molecule has 1 aromatic rings. The Morgan fingerprint density at radius 2 is 2.36 bits per heavy atom. The van der Waals surface area contributed by atoms with E-state index in [-0.39, 0.29) is 18.1 Å². The Bertz CT molecular complexity index is 345. The van der Waals surface area contributed by atoms with E-state index in [9.17, 15) is 9.59 Å². The predicted octanol–water partition coefficient (Wildman–Crippen LogP) is -0.283. The highest BCUT2D eigenvalue weighted by molar-refractivity contribution is 5.85. The number of hydrogen-bond donors (Lipinski definition) is 2. The van der Waals surface area contributed by atoms with Crippen LogP contribution in [0, 0.1) is 0 Å². The van der Waals surface area contributed by atoms with Gasteiger partial charge in [-0.3, -0.25) is 4.79 Å². The standard InChI is InChI=1S/C8H11N3O3/c1-2-9-7(12)4-11-3-6(8(13)14)10-5-11/h3,5H,2,4H2,1H3,(H,9,12)(H,13,14). The maximum absolute atomic E-state index is 11.1. The summed E-state index contributed by atoms with van der Waals surface area (Å²) >= 11 is 0. The number of carbonyl (C=O) groups excluding carboxylic acids is 1. The number of amides is 1. The number of carboxylic acids is 1. The maximum Gasteiger partial charge on any atom is 0.356 e. The molecule has 1 rings (SSSR count). The second kappa shape index (κ2) is 4.40. The van der Waals surface area contributed by atoms with Crippen molar-refractivity contribution in [2.24, 2.45) is 0 Å². The first kappa shape index (κ1) is 10.2. The molecule has 6 heteroatoms. The first-order valence-electron chi connectivity index (χ1n) is 4.15. The van der Waals surface area contributed by atoms with Gasteiger partial charge in [-0.1, -0.05) is 0 Å². The van der Waals surface area contributed by atoms with Crippen molar-refractivity contribution in [3.05, 3.63) is 18.2 Å². The number of nitrogens with zero attached hydrogens (tertiary/aromatic N) is 2. The van der Waals surface area contributed by atoms with Crippen LogP contribution in [-0.4, -0.2) is 33.1 Å². The molecule has 0 radical (unpaired) electrons. The monoisotopic (exact) mass is 197 g/mol. The Morgan fingerprint density at radius 1 is 1.64 bits per heavy atom. The van der Waals surface area contributed by atoms with Crippen LogP contribution in [0.1, 0.15) is 17.4 Å². The molecule has 0 bridgehead atoms. The van der Waals surface area contributed by atoms with Gasteiger partial charge >= 0.3 is 5.97 Å². The van der Waals surface area contributed by atoms with Crippen LogP contribution in [0.3, 0.4) is 0 Å². The van der Waals surface area contributed by atoms with Crippen LogP contribution < -0.4 is 5.32 Å². The molecule has 0 unspecified atom stereocenters. The van der Waals surface area contributed by atoms with E-state index in [1.165, 1.54) is 17.1 Å². The summed E-state index contributed by atoms with van der Waals surface area (Å²) in [6.45, 7) is 2.46.